The first kappa shape index (κ1) is 11.4. The van der Waals surface area contributed by atoms with Crippen LogP contribution in [0.2, 0.25) is 0 Å². The van der Waals surface area contributed by atoms with E-state index in [9.17, 15) is 19.3 Å². The maximum atomic E-state index is 13.1. The number of amides is 1. The van der Waals surface area contributed by atoms with Crippen LogP contribution in [0.3, 0.4) is 0 Å². The Morgan fingerprint density at radius 2 is 2.20 bits per heavy atom. The van der Waals surface area contributed by atoms with Crippen molar-refractivity contribution in [3.63, 3.8) is 0 Å². The van der Waals surface area contributed by atoms with Crippen LogP contribution in [0.5, 0.6) is 0 Å². The van der Waals surface area contributed by atoms with Crippen LogP contribution in [0.25, 0.3) is 0 Å². The van der Waals surface area contributed by atoms with Gasteiger partial charge in [0.25, 0.3) is 5.69 Å². The summed E-state index contributed by atoms with van der Waals surface area (Å²) in [5.41, 5.74) is -0.742. The molecule has 0 aromatic heterocycles. The lowest BCUT2D eigenvalue weighted by Crippen LogP contribution is -2.08. The second-order valence-corrected chi connectivity index (χ2v) is 3.27. The molecule has 2 N–H and O–H groups in total. The van der Waals surface area contributed by atoms with Crippen molar-refractivity contribution < 1.29 is 19.2 Å². The molecule has 8 heteroatoms. The molecule has 0 spiro atoms. The molecule has 0 aliphatic carbocycles. The minimum Gasteiger partial charge on any atom is -0.465 e. The van der Waals surface area contributed by atoms with E-state index >= 15 is 0 Å². The van der Waals surface area contributed by atoms with Crippen LogP contribution >= 0.6 is 15.9 Å². The van der Waals surface area contributed by atoms with Gasteiger partial charge >= 0.3 is 6.09 Å². The summed E-state index contributed by atoms with van der Waals surface area (Å²) in [4.78, 5) is 19.9. The van der Waals surface area contributed by atoms with E-state index in [-0.39, 0.29) is 10.2 Å². The van der Waals surface area contributed by atoms with E-state index in [2.05, 4.69) is 15.9 Å². The predicted octanol–water partition coefficient (Wildman–Crippen LogP) is 2.59. The van der Waals surface area contributed by atoms with Gasteiger partial charge in [-0.25, -0.2) is 9.18 Å². The molecule has 1 aromatic rings. The van der Waals surface area contributed by atoms with Crippen LogP contribution in [-0.2, 0) is 0 Å². The zero-order valence-corrected chi connectivity index (χ0v) is 8.62. The van der Waals surface area contributed by atoms with E-state index < -0.39 is 22.5 Å². The monoisotopic (exact) mass is 278 g/mol. The highest BCUT2D eigenvalue weighted by atomic mass is 79.9. The molecule has 0 saturated carbocycles. The van der Waals surface area contributed by atoms with Gasteiger partial charge in [0, 0.05) is 6.07 Å². The van der Waals surface area contributed by atoms with Gasteiger partial charge < -0.3 is 5.11 Å². The number of carboxylic acid groups (broad SMARTS) is 1. The second-order valence-electron chi connectivity index (χ2n) is 2.48. The number of anilines is 1. The van der Waals surface area contributed by atoms with Crippen LogP contribution < -0.4 is 5.32 Å². The van der Waals surface area contributed by atoms with Gasteiger partial charge in [0.2, 0.25) is 0 Å². The number of rotatable bonds is 2. The first-order chi connectivity index (χ1) is 6.91. The Hall–Kier alpha value is -1.70. The lowest BCUT2D eigenvalue weighted by molar-refractivity contribution is -0.385. The fraction of sp³-hybridized carbons (Fsp3) is 0. The molecule has 0 fully saturated rings. The zero-order chi connectivity index (χ0) is 11.6. The molecule has 0 atom stereocenters. The molecular formula is C7H4BrFN2O4. The van der Waals surface area contributed by atoms with E-state index in [0.717, 1.165) is 12.1 Å². The number of nitro benzene ring substituents is 1. The predicted molar refractivity (Wildman–Crippen MR) is 52.4 cm³/mol. The van der Waals surface area contributed by atoms with Gasteiger partial charge in [-0.05, 0) is 22.0 Å². The summed E-state index contributed by atoms with van der Waals surface area (Å²) >= 11 is 2.69. The molecular weight excluding hydrogens is 275 g/mol. The third-order valence-electron chi connectivity index (χ3n) is 1.46. The van der Waals surface area contributed by atoms with Gasteiger partial charge in [0.15, 0.2) is 0 Å². The van der Waals surface area contributed by atoms with Crippen LogP contribution in [0.15, 0.2) is 16.6 Å². The summed E-state index contributed by atoms with van der Waals surface area (Å²) in [5.74, 6) is -0.909. The number of hydrogen-bond donors (Lipinski definition) is 2. The maximum absolute atomic E-state index is 13.1. The van der Waals surface area contributed by atoms with E-state index in [1.807, 2.05) is 5.32 Å². The molecule has 0 heterocycles. The molecule has 80 valence electrons. The van der Waals surface area contributed by atoms with Crippen molar-refractivity contribution in [1.82, 2.24) is 0 Å². The Balaban J connectivity index is 3.23. The van der Waals surface area contributed by atoms with E-state index in [0.29, 0.717) is 0 Å². The number of nitro groups is 1. The van der Waals surface area contributed by atoms with E-state index in [1.54, 1.807) is 0 Å². The van der Waals surface area contributed by atoms with Crippen molar-refractivity contribution in [1.29, 1.82) is 0 Å². The van der Waals surface area contributed by atoms with Crippen LogP contribution in [-0.4, -0.2) is 16.1 Å². The van der Waals surface area contributed by atoms with Crippen LogP contribution in [0, 0.1) is 15.9 Å². The quantitative estimate of drug-likeness (QED) is 0.642. The van der Waals surface area contributed by atoms with Crippen LogP contribution in [0.4, 0.5) is 20.6 Å². The highest BCUT2D eigenvalue weighted by Crippen LogP contribution is 2.30. The molecule has 0 bridgehead atoms. The molecule has 0 saturated heterocycles. The number of halogens is 2. The number of nitrogens with one attached hydrogen (secondary N) is 1. The lowest BCUT2D eigenvalue weighted by Gasteiger charge is -2.02. The fourth-order valence-electron chi connectivity index (χ4n) is 0.903. The Bertz CT molecular complexity index is 437. The third kappa shape index (κ3) is 2.62. The van der Waals surface area contributed by atoms with E-state index in [1.165, 1.54) is 0 Å². The summed E-state index contributed by atoms with van der Waals surface area (Å²) in [7, 11) is 0. The summed E-state index contributed by atoms with van der Waals surface area (Å²) in [6.07, 6.45) is -1.42. The lowest BCUT2D eigenvalue weighted by atomic mass is 10.2. The van der Waals surface area contributed by atoms with Gasteiger partial charge in [-0.2, -0.15) is 0 Å². The molecule has 0 unspecified atom stereocenters. The third-order valence-corrected chi connectivity index (χ3v) is 2.24. The zero-order valence-electron chi connectivity index (χ0n) is 7.03. The largest absolute Gasteiger partial charge is 0.465 e. The van der Waals surface area contributed by atoms with Crippen molar-refractivity contribution in [3.05, 3.63) is 32.5 Å². The van der Waals surface area contributed by atoms with E-state index in [4.69, 9.17) is 5.11 Å². The Morgan fingerprint density at radius 3 is 2.67 bits per heavy atom. The SMILES string of the molecule is O=C(O)Nc1cc(F)c(Br)c([N+](=O)[O-])c1. The summed E-state index contributed by atoms with van der Waals surface area (Å²) in [6.45, 7) is 0. The Labute approximate surface area is 91.0 Å². The minimum absolute atomic E-state index is 0.199. The first-order valence-corrected chi connectivity index (χ1v) is 4.34. The van der Waals surface area contributed by atoms with Gasteiger partial charge in [0.1, 0.15) is 10.3 Å². The molecule has 0 radical (unpaired) electrons. The molecule has 0 aliphatic heterocycles. The fourth-order valence-corrected chi connectivity index (χ4v) is 1.28. The topological polar surface area (TPSA) is 92.5 Å². The summed E-state index contributed by atoms with van der Waals surface area (Å²) < 4.78 is 12.7. The summed E-state index contributed by atoms with van der Waals surface area (Å²) in [5, 5.41) is 20.6. The number of carbonyl (C=O) groups is 1. The van der Waals surface area contributed by atoms with Crippen molar-refractivity contribution in [2.24, 2.45) is 0 Å². The molecule has 15 heavy (non-hydrogen) atoms. The van der Waals surface area contributed by atoms with Crippen molar-refractivity contribution in [3.8, 4) is 0 Å². The highest BCUT2D eigenvalue weighted by molar-refractivity contribution is 9.10. The number of benzene rings is 1. The first-order valence-electron chi connectivity index (χ1n) is 3.55. The van der Waals surface area contributed by atoms with Gasteiger partial charge in [-0.1, -0.05) is 0 Å². The molecule has 6 nitrogen and oxygen atoms in total. The number of nitrogens with zero attached hydrogens (tertiary/aromatic N) is 1. The summed E-state index contributed by atoms with van der Waals surface area (Å²) in [6, 6.07) is 1.76. The van der Waals surface area contributed by atoms with Crippen molar-refractivity contribution >= 4 is 33.4 Å². The average Bonchev–Trinajstić information content (AvgIpc) is 2.09. The Morgan fingerprint density at radius 1 is 1.60 bits per heavy atom. The second kappa shape index (κ2) is 4.22. The average molecular weight is 279 g/mol. The molecule has 0 aliphatic rings. The smallest absolute Gasteiger partial charge is 0.409 e. The van der Waals surface area contributed by atoms with Gasteiger partial charge in [-0.15, -0.1) is 0 Å². The highest BCUT2D eigenvalue weighted by Gasteiger charge is 2.18. The minimum atomic E-state index is -1.42. The van der Waals surface area contributed by atoms with Crippen LogP contribution in [0.1, 0.15) is 0 Å². The van der Waals surface area contributed by atoms with Crippen molar-refractivity contribution in [2.45, 2.75) is 0 Å². The standard InChI is InChI=1S/C7H4BrFN2O4/c8-6-4(9)1-3(10-7(12)13)2-5(6)11(14)15/h1-2,10H,(H,12,13). The number of hydrogen-bond acceptors (Lipinski definition) is 3. The van der Waals surface area contributed by atoms with Gasteiger partial charge in [0.05, 0.1) is 10.6 Å². The normalized spacial score (nSPS) is 9.73. The molecule has 1 amide bonds. The molecule has 1 rings (SSSR count). The van der Waals surface area contributed by atoms with Crippen molar-refractivity contribution in [2.75, 3.05) is 5.32 Å². The maximum Gasteiger partial charge on any atom is 0.409 e. The van der Waals surface area contributed by atoms with Gasteiger partial charge in [-0.3, -0.25) is 15.4 Å². The molecule has 1 aromatic carbocycles. The Kier molecular flexibility index (Phi) is 3.20.